The summed E-state index contributed by atoms with van der Waals surface area (Å²) in [5.41, 5.74) is 1.92. The summed E-state index contributed by atoms with van der Waals surface area (Å²) in [6, 6.07) is 5.42. The van der Waals surface area contributed by atoms with Crippen LogP contribution in [0.5, 0.6) is 0 Å². The number of amides is 1. The van der Waals surface area contributed by atoms with E-state index in [9.17, 15) is 4.79 Å². The third kappa shape index (κ3) is 2.24. The van der Waals surface area contributed by atoms with Gasteiger partial charge in [-0.2, -0.15) is 4.79 Å². The minimum absolute atomic E-state index is 0.0752. The summed E-state index contributed by atoms with van der Waals surface area (Å²) in [7, 11) is 2.05. The fourth-order valence-corrected chi connectivity index (χ4v) is 2.40. The number of nitrogens with two attached hydrogens (primary N) is 1. The minimum Gasteiger partial charge on any atom is -0.348 e. The Labute approximate surface area is 110 Å². The zero-order valence-electron chi connectivity index (χ0n) is 10.7. The van der Waals surface area contributed by atoms with Crippen LogP contribution in [0.15, 0.2) is 18.2 Å². The summed E-state index contributed by atoms with van der Waals surface area (Å²) in [6.45, 7) is 1.92. The molecule has 1 atom stereocenters. The first-order chi connectivity index (χ1) is 9.13. The minimum atomic E-state index is -0.0752. The highest BCUT2D eigenvalue weighted by molar-refractivity contribution is 5.97. The van der Waals surface area contributed by atoms with E-state index in [1.165, 1.54) is 4.79 Å². The quantitative estimate of drug-likeness (QED) is 0.716. The maximum atomic E-state index is 12.1. The van der Waals surface area contributed by atoms with Gasteiger partial charge in [0.05, 0.1) is 0 Å². The number of likely N-dealkylation sites (tertiary alicyclic amines) is 1. The summed E-state index contributed by atoms with van der Waals surface area (Å²) in [5, 5.41) is 10.7. The van der Waals surface area contributed by atoms with E-state index in [4.69, 9.17) is 5.84 Å². The molecule has 3 rings (SSSR count). The molecule has 19 heavy (non-hydrogen) atoms. The molecule has 1 amide bonds. The number of hydrogen-bond donors (Lipinski definition) is 2. The lowest BCUT2D eigenvalue weighted by Crippen LogP contribution is -2.36. The largest absolute Gasteiger partial charge is 0.348 e. The predicted octanol–water partition coefficient (Wildman–Crippen LogP) is -0.421. The van der Waals surface area contributed by atoms with Gasteiger partial charge in [-0.3, -0.25) is 4.79 Å². The average Bonchev–Trinajstić information content (AvgIpc) is 2.96. The van der Waals surface area contributed by atoms with Crippen molar-refractivity contribution in [2.75, 3.05) is 26.0 Å². The summed E-state index contributed by atoms with van der Waals surface area (Å²) < 4.78 is 0. The molecular weight excluding hydrogens is 244 g/mol. The fraction of sp³-hybridized carbons (Fsp3) is 0.417. The maximum Gasteiger partial charge on any atom is 0.251 e. The molecule has 1 aromatic heterocycles. The zero-order valence-corrected chi connectivity index (χ0v) is 10.7. The molecular formula is C12H16N6O. The van der Waals surface area contributed by atoms with E-state index in [1.807, 2.05) is 0 Å². The van der Waals surface area contributed by atoms with Crippen LogP contribution in [-0.4, -0.2) is 52.1 Å². The fourth-order valence-electron chi connectivity index (χ4n) is 2.40. The van der Waals surface area contributed by atoms with Gasteiger partial charge in [0.25, 0.3) is 5.91 Å². The van der Waals surface area contributed by atoms with E-state index < -0.39 is 0 Å². The Morgan fingerprint density at radius 2 is 2.37 bits per heavy atom. The van der Waals surface area contributed by atoms with E-state index in [0.29, 0.717) is 16.6 Å². The Bertz CT molecular complexity index is 622. The highest BCUT2D eigenvalue weighted by atomic mass is 16.1. The van der Waals surface area contributed by atoms with Crippen LogP contribution in [-0.2, 0) is 0 Å². The monoisotopic (exact) mass is 260 g/mol. The number of benzene rings is 1. The van der Waals surface area contributed by atoms with Gasteiger partial charge >= 0.3 is 0 Å². The van der Waals surface area contributed by atoms with Gasteiger partial charge in [-0.15, -0.1) is 5.10 Å². The molecule has 0 bridgehead atoms. The third-order valence-corrected chi connectivity index (χ3v) is 3.46. The summed E-state index contributed by atoms with van der Waals surface area (Å²) in [6.07, 6.45) is 0.990. The Balaban J connectivity index is 1.77. The number of carbonyl (C=O) groups excluding carboxylic acids is 1. The van der Waals surface area contributed by atoms with Crippen molar-refractivity contribution in [2.45, 2.75) is 12.5 Å². The van der Waals surface area contributed by atoms with Crippen LogP contribution in [0.25, 0.3) is 11.0 Å². The molecule has 0 spiro atoms. The van der Waals surface area contributed by atoms with Crippen molar-refractivity contribution in [3.8, 4) is 0 Å². The summed E-state index contributed by atoms with van der Waals surface area (Å²) >= 11 is 0. The molecule has 0 saturated carbocycles. The summed E-state index contributed by atoms with van der Waals surface area (Å²) in [4.78, 5) is 15.5. The van der Waals surface area contributed by atoms with Gasteiger partial charge in [0.15, 0.2) is 0 Å². The van der Waals surface area contributed by atoms with Crippen LogP contribution in [0, 0.1) is 0 Å². The van der Waals surface area contributed by atoms with Gasteiger partial charge in [-0.05, 0) is 43.4 Å². The number of aromatic nitrogens is 3. The maximum absolute atomic E-state index is 12.1. The highest BCUT2D eigenvalue weighted by Gasteiger charge is 2.21. The third-order valence-electron chi connectivity index (χ3n) is 3.46. The van der Waals surface area contributed by atoms with Crippen molar-refractivity contribution < 1.29 is 4.79 Å². The van der Waals surface area contributed by atoms with Crippen molar-refractivity contribution in [1.29, 1.82) is 0 Å². The van der Waals surface area contributed by atoms with Crippen molar-refractivity contribution in [3.63, 3.8) is 0 Å². The van der Waals surface area contributed by atoms with Crippen molar-refractivity contribution in [1.82, 2.24) is 25.3 Å². The lowest BCUT2D eigenvalue weighted by molar-refractivity contribution is 0.0938. The van der Waals surface area contributed by atoms with Gasteiger partial charge in [0, 0.05) is 18.2 Å². The predicted molar refractivity (Wildman–Crippen MR) is 71.0 cm³/mol. The zero-order chi connectivity index (χ0) is 13.4. The number of nitrogens with zero attached hydrogens (tertiary/aromatic N) is 4. The molecule has 0 aliphatic carbocycles. The van der Waals surface area contributed by atoms with Gasteiger partial charge < -0.3 is 16.1 Å². The van der Waals surface area contributed by atoms with E-state index in [2.05, 4.69) is 27.6 Å². The van der Waals surface area contributed by atoms with Crippen LogP contribution in [0.2, 0.25) is 0 Å². The van der Waals surface area contributed by atoms with E-state index >= 15 is 0 Å². The number of likely N-dealkylation sites (N-methyl/N-ethyl adjacent to an activating group) is 1. The van der Waals surface area contributed by atoms with Gasteiger partial charge in [-0.25, -0.2) is 0 Å². The Morgan fingerprint density at radius 3 is 3.11 bits per heavy atom. The molecule has 2 heterocycles. The highest BCUT2D eigenvalue weighted by Crippen LogP contribution is 2.13. The first-order valence-corrected chi connectivity index (χ1v) is 6.23. The number of nitrogen functional groups attached to an aromatic ring is 1. The molecule has 1 aliphatic heterocycles. The van der Waals surface area contributed by atoms with Crippen molar-refractivity contribution in [2.24, 2.45) is 0 Å². The SMILES string of the molecule is CN1CC[C@@H](NC(=O)c2ccc3c(c2)nnn3N)C1. The lowest BCUT2D eigenvalue weighted by Gasteiger charge is -2.12. The molecule has 0 unspecified atom stereocenters. The average molecular weight is 260 g/mol. The van der Waals surface area contributed by atoms with Gasteiger partial charge in [-0.1, -0.05) is 0 Å². The molecule has 7 heteroatoms. The van der Waals surface area contributed by atoms with Crippen LogP contribution >= 0.6 is 0 Å². The molecule has 0 radical (unpaired) electrons. The number of carbonyl (C=O) groups is 1. The molecule has 7 nitrogen and oxygen atoms in total. The standard InChI is InChI=1S/C12H16N6O/c1-17-5-4-9(7-17)14-12(19)8-2-3-11-10(6-8)15-16-18(11)13/h2-3,6,9H,4-5,7,13H2,1H3,(H,14,19)/t9-/m1/s1. The number of fused-ring (bicyclic) bond motifs is 1. The van der Waals surface area contributed by atoms with Crippen LogP contribution < -0.4 is 11.2 Å². The molecule has 1 aliphatic rings. The second kappa shape index (κ2) is 4.51. The topological polar surface area (TPSA) is 89.1 Å². The van der Waals surface area contributed by atoms with Crippen molar-refractivity contribution in [3.05, 3.63) is 23.8 Å². The van der Waals surface area contributed by atoms with E-state index in [-0.39, 0.29) is 11.9 Å². The lowest BCUT2D eigenvalue weighted by atomic mass is 10.1. The molecule has 100 valence electrons. The van der Waals surface area contributed by atoms with Gasteiger partial charge in [0.1, 0.15) is 11.0 Å². The second-order valence-electron chi connectivity index (χ2n) is 4.96. The van der Waals surface area contributed by atoms with E-state index in [0.717, 1.165) is 19.5 Å². The smallest absolute Gasteiger partial charge is 0.251 e. The van der Waals surface area contributed by atoms with Crippen LogP contribution in [0.4, 0.5) is 0 Å². The molecule has 3 N–H and O–H groups in total. The molecule has 1 fully saturated rings. The number of rotatable bonds is 2. The molecule has 2 aromatic rings. The summed E-state index contributed by atoms with van der Waals surface area (Å²) in [5.74, 6) is 5.51. The van der Waals surface area contributed by atoms with Gasteiger partial charge in [0.2, 0.25) is 0 Å². The number of nitrogens with one attached hydrogen (secondary N) is 1. The molecule has 1 aromatic carbocycles. The first-order valence-electron chi connectivity index (χ1n) is 6.23. The van der Waals surface area contributed by atoms with E-state index in [1.54, 1.807) is 18.2 Å². The van der Waals surface area contributed by atoms with Crippen LogP contribution in [0.1, 0.15) is 16.8 Å². The van der Waals surface area contributed by atoms with Crippen LogP contribution in [0.3, 0.4) is 0 Å². The molecule has 1 saturated heterocycles. The Hall–Kier alpha value is -2.15. The Morgan fingerprint density at radius 1 is 1.53 bits per heavy atom. The second-order valence-corrected chi connectivity index (χ2v) is 4.96. The normalized spacial score (nSPS) is 19.9. The van der Waals surface area contributed by atoms with Crippen molar-refractivity contribution >= 4 is 16.9 Å². The first kappa shape index (κ1) is 11.9. The number of hydrogen-bond acceptors (Lipinski definition) is 5. The Kier molecular flexibility index (Phi) is 2.83.